The van der Waals surface area contributed by atoms with E-state index in [1.165, 1.54) is 5.56 Å². The van der Waals surface area contributed by atoms with Gasteiger partial charge in [-0.15, -0.1) is 0 Å². The van der Waals surface area contributed by atoms with Crippen LogP contribution in [0.5, 0.6) is 5.75 Å². The molecule has 0 saturated carbocycles. The van der Waals surface area contributed by atoms with Gasteiger partial charge in [-0.1, -0.05) is 32.0 Å². The molecule has 0 aliphatic carbocycles. The van der Waals surface area contributed by atoms with Gasteiger partial charge >= 0.3 is 0 Å². The second-order valence-electron chi connectivity index (χ2n) is 6.18. The number of nitrogens with one attached hydrogen (secondary N) is 2. The lowest BCUT2D eigenvalue weighted by Crippen LogP contribution is -2.30. The van der Waals surface area contributed by atoms with Crippen molar-refractivity contribution < 1.29 is 14.3 Å². The lowest BCUT2D eigenvalue weighted by molar-refractivity contribution is -0.122. The van der Waals surface area contributed by atoms with Gasteiger partial charge < -0.3 is 15.4 Å². The summed E-state index contributed by atoms with van der Waals surface area (Å²) in [6.07, 6.45) is 0.718. The summed E-state index contributed by atoms with van der Waals surface area (Å²) in [7, 11) is 0. The molecule has 5 nitrogen and oxygen atoms in total. The Bertz CT molecular complexity index is 769. The number of hydrogen-bond acceptors (Lipinski definition) is 3. The number of ether oxygens (including phenoxy) is 1. The quantitative estimate of drug-likeness (QED) is 0.778. The zero-order valence-corrected chi connectivity index (χ0v) is 15.8. The van der Waals surface area contributed by atoms with E-state index < -0.39 is 6.10 Å². The molecule has 0 bridgehead atoms. The maximum Gasteiger partial charge on any atom is 0.265 e. The Balaban J connectivity index is 2.01. The minimum atomic E-state index is -0.641. The summed E-state index contributed by atoms with van der Waals surface area (Å²) in [4.78, 5) is 24.0. The van der Waals surface area contributed by atoms with E-state index in [1.807, 2.05) is 37.3 Å². The summed E-state index contributed by atoms with van der Waals surface area (Å²) in [6.45, 7) is 7.49. The molecule has 2 aromatic rings. The molecule has 0 aliphatic rings. The first-order valence-electron chi connectivity index (χ1n) is 8.89. The fraction of sp³-hybridized carbons (Fsp3) is 0.333. The highest BCUT2D eigenvalue weighted by atomic mass is 16.5. The summed E-state index contributed by atoms with van der Waals surface area (Å²) in [6, 6.07) is 13.1. The van der Waals surface area contributed by atoms with Crippen molar-refractivity contribution in [2.75, 3.05) is 10.6 Å². The Labute approximate surface area is 154 Å². The van der Waals surface area contributed by atoms with Crippen molar-refractivity contribution >= 4 is 23.2 Å². The molecule has 0 heterocycles. The summed E-state index contributed by atoms with van der Waals surface area (Å²) in [5.74, 6) is 0.342. The Kier molecular flexibility index (Phi) is 6.78. The van der Waals surface area contributed by atoms with Crippen molar-refractivity contribution in [1.29, 1.82) is 0 Å². The van der Waals surface area contributed by atoms with Crippen LogP contribution in [0.15, 0.2) is 42.5 Å². The number of hydrogen-bond donors (Lipinski definition) is 2. The number of benzene rings is 2. The van der Waals surface area contributed by atoms with E-state index in [4.69, 9.17) is 4.74 Å². The first-order chi connectivity index (χ1) is 12.4. The monoisotopic (exact) mass is 354 g/mol. The average Bonchev–Trinajstić information content (AvgIpc) is 2.64. The van der Waals surface area contributed by atoms with Gasteiger partial charge in [-0.3, -0.25) is 9.59 Å². The molecule has 2 amide bonds. The highest BCUT2D eigenvalue weighted by molar-refractivity contribution is 5.96. The number of aryl methyl sites for hydroxylation is 2. The van der Waals surface area contributed by atoms with Crippen LogP contribution in [0.25, 0.3) is 0 Å². The summed E-state index contributed by atoms with van der Waals surface area (Å²) in [5.41, 5.74) is 3.46. The number of anilines is 2. The third kappa shape index (κ3) is 5.34. The molecule has 1 unspecified atom stereocenters. The molecule has 1 atom stereocenters. The highest BCUT2D eigenvalue weighted by Gasteiger charge is 2.15. The van der Waals surface area contributed by atoms with Crippen LogP contribution in [0, 0.1) is 6.92 Å². The van der Waals surface area contributed by atoms with Gasteiger partial charge in [0.25, 0.3) is 5.91 Å². The predicted octanol–water partition coefficient (Wildman–Crippen LogP) is 4.31. The molecule has 0 saturated heterocycles. The molecule has 138 valence electrons. The first kappa shape index (κ1) is 19.5. The molecule has 0 aliphatic heterocycles. The predicted molar refractivity (Wildman–Crippen MR) is 105 cm³/mol. The normalized spacial score (nSPS) is 11.5. The van der Waals surface area contributed by atoms with Gasteiger partial charge in [0.2, 0.25) is 5.91 Å². The molecule has 0 fully saturated rings. The van der Waals surface area contributed by atoms with Gasteiger partial charge in [-0.2, -0.15) is 0 Å². The summed E-state index contributed by atoms with van der Waals surface area (Å²) < 4.78 is 5.70. The Morgan fingerprint density at radius 3 is 2.35 bits per heavy atom. The van der Waals surface area contributed by atoms with Crippen molar-refractivity contribution in [3.8, 4) is 5.75 Å². The van der Waals surface area contributed by atoms with E-state index in [-0.39, 0.29) is 11.8 Å². The van der Waals surface area contributed by atoms with Crippen molar-refractivity contribution in [2.45, 2.75) is 46.6 Å². The smallest absolute Gasteiger partial charge is 0.265 e. The number of rotatable bonds is 7. The number of amides is 2. The van der Waals surface area contributed by atoms with E-state index in [0.29, 0.717) is 23.5 Å². The molecule has 0 radical (unpaired) electrons. The zero-order valence-electron chi connectivity index (χ0n) is 15.8. The maximum atomic E-state index is 12.4. The fourth-order valence-corrected chi connectivity index (χ4v) is 2.38. The third-order valence-electron chi connectivity index (χ3n) is 4.11. The first-order valence-corrected chi connectivity index (χ1v) is 8.89. The van der Waals surface area contributed by atoms with Crippen LogP contribution in [0.3, 0.4) is 0 Å². The third-order valence-corrected chi connectivity index (χ3v) is 4.11. The highest BCUT2D eigenvalue weighted by Crippen LogP contribution is 2.21. The van der Waals surface area contributed by atoms with Gasteiger partial charge in [0, 0.05) is 17.8 Å². The average molecular weight is 354 g/mol. The SMILES string of the molecule is CCC(=O)Nc1cc(NC(=O)C(C)Oc2ccc(CC)cc2)ccc1C. The van der Waals surface area contributed by atoms with Gasteiger partial charge in [0.15, 0.2) is 6.10 Å². The topological polar surface area (TPSA) is 67.4 Å². The Hall–Kier alpha value is -2.82. The Morgan fingerprint density at radius 1 is 1.04 bits per heavy atom. The molecule has 0 spiro atoms. The van der Waals surface area contributed by atoms with Crippen molar-refractivity contribution in [1.82, 2.24) is 0 Å². The molecule has 2 rings (SSSR count). The second kappa shape index (κ2) is 9.04. The van der Waals surface area contributed by atoms with Gasteiger partial charge in [-0.25, -0.2) is 0 Å². The maximum absolute atomic E-state index is 12.4. The van der Waals surface area contributed by atoms with E-state index in [2.05, 4.69) is 17.6 Å². The Morgan fingerprint density at radius 2 is 1.73 bits per heavy atom. The molecular formula is C21H26N2O3. The van der Waals surface area contributed by atoms with Crippen LogP contribution in [0.2, 0.25) is 0 Å². The minimum Gasteiger partial charge on any atom is -0.481 e. The molecule has 2 aromatic carbocycles. The standard InChI is InChI=1S/C21H26N2O3/c1-5-16-8-11-18(12-9-16)26-15(4)21(25)22-17-10-7-14(3)19(13-17)23-20(24)6-2/h7-13,15H,5-6H2,1-4H3,(H,22,25)(H,23,24). The molecule has 5 heteroatoms. The largest absolute Gasteiger partial charge is 0.481 e. The lowest BCUT2D eigenvalue weighted by Gasteiger charge is -2.16. The van der Waals surface area contributed by atoms with Crippen molar-refractivity contribution in [3.63, 3.8) is 0 Å². The molecule has 0 aromatic heterocycles. The van der Waals surface area contributed by atoms with E-state index in [0.717, 1.165) is 12.0 Å². The van der Waals surface area contributed by atoms with Gasteiger partial charge in [0.1, 0.15) is 5.75 Å². The molecular weight excluding hydrogens is 328 g/mol. The molecule has 2 N–H and O–H groups in total. The summed E-state index contributed by atoms with van der Waals surface area (Å²) in [5, 5.41) is 5.66. The van der Waals surface area contributed by atoms with Crippen LogP contribution in [0.4, 0.5) is 11.4 Å². The number of carbonyl (C=O) groups is 2. The van der Waals surface area contributed by atoms with E-state index in [9.17, 15) is 9.59 Å². The van der Waals surface area contributed by atoms with Crippen LogP contribution in [-0.2, 0) is 16.0 Å². The van der Waals surface area contributed by atoms with Crippen LogP contribution in [-0.4, -0.2) is 17.9 Å². The second-order valence-corrected chi connectivity index (χ2v) is 6.18. The van der Waals surface area contributed by atoms with Crippen molar-refractivity contribution in [3.05, 3.63) is 53.6 Å². The van der Waals surface area contributed by atoms with Crippen LogP contribution < -0.4 is 15.4 Å². The van der Waals surface area contributed by atoms with Gasteiger partial charge in [-0.05, 0) is 55.7 Å². The van der Waals surface area contributed by atoms with Gasteiger partial charge in [0.05, 0.1) is 0 Å². The zero-order chi connectivity index (χ0) is 19.1. The van der Waals surface area contributed by atoms with Crippen LogP contribution >= 0.6 is 0 Å². The lowest BCUT2D eigenvalue weighted by atomic mass is 10.1. The van der Waals surface area contributed by atoms with E-state index in [1.54, 1.807) is 26.0 Å². The fourth-order valence-electron chi connectivity index (χ4n) is 2.38. The van der Waals surface area contributed by atoms with E-state index >= 15 is 0 Å². The number of carbonyl (C=O) groups excluding carboxylic acids is 2. The minimum absolute atomic E-state index is 0.0659. The summed E-state index contributed by atoms with van der Waals surface area (Å²) >= 11 is 0. The van der Waals surface area contributed by atoms with Crippen LogP contribution in [0.1, 0.15) is 38.3 Å². The van der Waals surface area contributed by atoms with Crippen molar-refractivity contribution in [2.24, 2.45) is 0 Å². The molecule has 26 heavy (non-hydrogen) atoms.